The minimum atomic E-state index is -3.43. The Morgan fingerprint density at radius 1 is 1.16 bits per heavy atom. The van der Waals surface area contributed by atoms with Crippen molar-refractivity contribution in [2.75, 3.05) is 26.7 Å². The van der Waals surface area contributed by atoms with Gasteiger partial charge in [-0.3, -0.25) is 0 Å². The van der Waals surface area contributed by atoms with Gasteiger partial charge in [0.15, 0.2) is 5.96 Å². The Morgan fingerprint density at radius 2 is 1.81 bits per heavy atom. The molecule has 0 bridgehead atoms. The highest BCUT2D eigenvalue weighted by Gasteiger charge is 2.28. The number of sulfonamides is 1. The van der Waals surface area contributed by atoms with E-state index in [1.807, 2.05) is 24.3 Å². The molecule has 32 heavy (non-hydrogen) atoms. The molecule has 1 atom stereocenters. The van der Waals surface area contributed by atoms with E-state index in [-0.39, 0.29) is 24.0 Å². The molecule has 3 N–H and O–H groups in total. The first-order valence-corrected chi connectivity index (χ1v) is 12.1. The molecule has 7 nitrogen and oxygen atoms in total. The van der Waals surface area contributed by atoms with Crippen LogP contribution in [0, 0.1) is 5.92 Å². The van der Waals surface area contributed by atoms with Crippen LogP contribution in [0.15, 0.2) is 58.4 Å². The van der Waals surface area contributed by atoms with Crippen LogP contribution < -0.4 is 15.8 Å². The topological polar surface area (TPSA) is 97.0 Å². The van der Waals surface area contributed by atoms with Crippen molar-refractivity contribution in [3.63, 3.8) is 0 Å². The third kappa shape index (κ3) is 7.35. The van der Waals surface area contributed by atoms with Crippen LogP contribution in [0.3, 0.4) is 0 Å². The van der Waals surface area contributed by atoms with Crippen molar-refractivity contribution in [3.8, 4) is 5.75 Å². The van der Waals surface area contributed by atoms with Crippen LogP contribution >= 0.6 is 24.0 Å². The number of ether oxygens (including phenoxy) is 1. The van der Waals surface area contributed by atoms with E-state index in [9.17, 15) is 8.42 Å². The van der Waals surface area contributed by atoms with Gasteiger partial charge in [-0.2, -0.15) is 4.31 Å². The number of nitrogens with one attached hydrogen (secondary N) is 1. The molecule has 0 saturated carbocycles. The summed E-state index contributed by atoms with van der Waals surface area (Å²) < 4.78 is 32.4. The molecule has 0 amide bonds. The molecule has 1 fully saturated rings. The van der Waals surface area contributed by atoms with Crippen LogP contribution in [0.4, 0.5) is 0 Å². The fourth-order valence-corrected chi connectivity index (χ4v) is 5.24. The van der Waals surface area contributed by atoms with E-state index in [1.54, 1.807) is 35.7 Å². The van der Waals surface area contributed by atoms with Crippen LogP contribution in [0.5, 0.6) is 5.75 Å². The van der Waals surface area contributed by atoms with Gasteiger partial charge < -0.3 is 15.8 Å². The maximum absolute atomic E-state index is 12.8. The van der Waals surface area contributed by atoms with Crippen molar-refractivity contribution in [1.29, 1.82) is 0 Å². The molecule has 0 aromatic heterocycles. The van der Waals surface area contributed by atoms with E-state index in [1.165, 1.54) is 5.56 Å². The Balaban J connectivity index is 0.00000363. The van der Waals surface area contributed by atoms with E-state index >= 15 is 0 Å². The fraction of sp³-hybridized carbons (Fsp3) is 0.435. The Morgan fingerprint density at radius 3 is 2.44 bits per heavy atom. The standard InChI is InChI=1S/C23H32N4O3S.HI/c1-18-4-3-15-27(17-18)31(28,29)22-11-7-20(8-12-22)16-26-23(24)25-14-13-19-5-9-21(30-2)10-6-19;/h5-12,18H,3-4,13-17H2,1-2H3,(H3,24,25,26);1H. The number of halogens is 1. The molecule has 1 unspecified atom stereocenters. The molecule has 1 heterocycles. The number of guanidine groups is 1. The summed E-state index contributed by atoms with van der Waals surface area (Å²) >= 11 is 0. The summed E-state index contributed by atoms with van der Waals surface area (Å²) in [6.45, 7) is 4.35. The third-order valence-electron chi connectivity index (χ3n) is 5.49. The predicted octanol–water partition coefficient (Wildman–Crippen LogP) is 3.38. The number of benzene rings is 2. The molecule has 9 heteroatoms. The van der Waals surface area contributed by atoms with E-state index in [2.05, 4.69) is 17.2 Å². The first-order valence-electron chi connectivity index (χ1n) is 10.6. The lowest BCUT2D eigenvalue weighted by molar-refractivity contribution is 0.281. The maximum Gasteiger partial charge on any atom is 0.243 e. The summed E-state index contributed by atoms with van der Waals surface area (Å²) in [7, 11) is -1.79. The Bertz CT molecular complexity index is 979. The molecule has 1 saturated heterocycles. The third-order valence-corrected chi connectivity index (χ3v) is 7.37. The van der Waals surface area contributed by atoms with Gasteiger partial charge in [0.05, 0.1) is 18.6 Å². The summed E-state index contributed by atoms with van der Waals surface area (Å²) in [6.07, 6.45) is 2.82. The van der Waals surface area contributed by atoms with Crippen molar-refractivity contribution in [2.45, 2.75) is 37.6 Å². The average Bonchev–Trinajstić information content (AvgIpc) is 2.78. The van der Waals surface area contributed by atoms with E-state index in [4.69, 9.17) is 10.5 Å². The molecular weight excluding hydrogens is 539 g/mol. The van der Waals surface area contributed by atoms with Gasteiger partial charge in [-0.25, -0.2) is 13.4 Å². The molecule has 0 aliphatic carbocycles. The molecule has 1 aliphatic heterocycles. The largest absolute Gasteiger partial charge is 0.497 e. The second kappa shape index (κ2) is 12.4. The Labute approximate surface area is 208 Å². The van der Waals surface area contributed by atoms with E-state index in [0.717, 1.165) is 30.6 Å². The highest BCUT2D eigenvalue weighted by atomic mass is 127. The maximum atomic E-state index is 12.8. The molecule has 0 spiro atoms. The van der Waals surface area contributed by atoms with Gasteiger partial charge in [0.2, 0.25) is 10.0 Å². The number of aliphatic imine (C=N–C) groups is 1. The Hall–Kier alpha value is -1.85. The summed E-state index contributed by atoms with van der Waals surface area (Å²) in [4.78, 5) is 4.68. The van der Waals surface area contributed by atoms with Crippen molar-refractivity contribution in [2.24, 2.45) is 16.6 Å². The van der Waals surface area contributed by atoms with Crippen LogP contribution in [0.25, 0.3) is 0 Å². The van der Waals surface area contributed by atoms with Crippen LogP contribution in [0.1, 0.15) is 30.9 Å². The van der Waals surface area contributed by atoms with E-state index < -0.39 is 10.0 Å². The zero-order chi connectivity index (χ0) is 22.3. The number of hydrogen-bond acceptors (Lipinski definition) is 4. The minimum Gasteiger partial charge on any atom is -0.497 e. The van der Waals surface area contributed by atoms with Gasteiger partial charge in [-0.1, -0.05) is 31.2 Å². The monoisotopic (exact) mass is 572 g/mol. The summed E-state index contributed by atoms with van der Waals surface area (Å²) in [5, 5.41) is 3.11. The van der Waals surface area contributed by atoms with Crippen molar-refractivity contribution < 1.29 is 13.2 Å². The summed E-state index contributed by atoms with van der Waals surface area (Å²) in [5.74, 6) is 1.60. The molecule has 1 aliphatic rings. The molecule has 2 aromatic rings. The van der Waals surface area contributed by atoms with E-state index in [0.29, 0.717) is 43.0 Å². The normalized spacial score (nSPS) is 17.4. The zero-order valence-corrected chi connectivity index (χ0v) is 21.8. The van der Waals surface area contributed by atoms with Crippen molar-refractivity contribution in [3.05, 3.63) is 59.7 Å². The lowest BCUT2D eigenvalue weighted by Gasteiger charge is -2.30. The number of hydrogen-bond donors (Lipinski definition) is 2. The predicted molar refractivity (Wildman–Crippen MR) is 139 cm³/mol. The first-order chi connectivity index (χ1) is 14.9. The molecule has 2 aromatic carbocycles. The van der Waals surface area contributed by atoms with Gasteiger partial charge >= 0.3 is 0 Å². The SMILES string of the molecule is COc1ccc(CCNC(N)=NCc2ccc(S(=O)(=O)N3CCCC(C)C3)cc2)cc1.I. The van der Waals surface area contributed by atoms with Gasteiger partial charge in [-0.05, 0) is 60.6 Å². The number of nitrogens with two attached hydrogens (primary N) is 1. The summed E-state index contributed by atoms with van der Waals surface area (Å²) in [5.41, 5.74) is 8.05. The lowest BCUT2D eigenvalue weighted by atomic mass is 10.0. The zero-order valence-electron chi connectivity index (χ0n) is 18.7. The fourth-order valence-electron chi connectivity index (χ4n) is 3.64. The molecule has 0 radical (unpaired) electrons. The highest BCUT2D eigenvalue weighted by molar-refractivity contribution is 14.0. The van der Waals surface area contributed by atoms with Gasteiger partial charge in [0.25, 0.3) is 0 Å². The average molecular weight is 573 g/mol. The number of rotatable bonds is 8. The minimum absolute atomic E-state index is 0. The molecular formula is C23H33IN4O3S. The smallest absolute Gasteiger partial charge is 0.243 e. The Kier molecular flexibility index (Phi) is 10.2. The highest BCUT2D eigenvalue weighted by Crippen LogP contribution is 2.23. The van der Waals surface area contributed by atoms with Crippen LogP contribution in [-0.2, 0) is 23.0 Å². The van der Waals surface area contributed by atoms with Crippen molar-refractivity contribution in [1.82, 2.24) is 9.62 Å². The molecule has 176 valence electrons. The first kappa shape index (κ1) is 26.4. The van der Waals surface area contributed by atoms with Crippen LogP contribution in [0.2, 0.25) is 0 Å². The lowest BCUT2D eigenvalue weighted by Crippen LogP contribution is -2.39. The van der Waals surface area contributed by atoms with Crippen molar-refractivity contribution >= 4 is 40.0 Å². The summed E-state index contributed by atoms with van der Waals surface area (Å²) in [6, 6.07) is 14.8. The number of nitrogens with zero attached hydrogens (tertiary/aromatic N) is 2. The van der Waals surface area contributed by atoms with Gasteiger partial charge in [0.1, 0.15) is 5.75 Å². The number of piperidine rings is 1. The van der Waals surface area contributed by atoms with Gasteiger partial charge in [0, 0.05) is 19.6 Å². The second-order valence-electron chi connectivity index (χ2n) is 7.98. The second-order valence-corrected chi connectivity index (χ2v) is 9.92. The van der Waals surface area contributed by atoms with Gasteiger partial charge in [-0.15, -0.1) is 24.0 Å². The quantitative estimate of drug-likeness (QED) is 0.287. The molecule has 3 rings (SSSR count). The van der Waals surface area contributed by atoms with Crippen LogP contribution in [-0.4, -0.2) is 45.4 Å². The number of methoxy groups -OCH3 is 1.